The molecule has 0 fully saturated rings. The fourth-order valence-corrected chi connectivity index (χ4v) is 1.30. The summed E-state index contributed by atoms with van der Waals surface area (Å²) in [6, 6.07) is 0. The zero-order chi connectivity index (χ0) is 12.1. The van der Waals surface area contributed by atoms with Gasteiger partial charge in [0.2, 0.25) is 0 Å². The van der Waals surface area contributed by atoms with E-state index >= 15 is 0 Å². The Morgan fingerprint density at radius 3 is 1.14 bits per heavy atom. The molecule has 0 radical (unpaired) electrons. The van der Waals surface area contributed by atoms with Crippen molar-refractivity contribution in [1.82, 2.24) is 0 Å². The lowest BCUT2D eigenvalue weighted by Crippen LogP contribution is -2.14. The van der Waals surface area contributed by atoms with E-state index in [9.17, 15) is 0 Å². The van der Waals surface area contributed by atoms with Crippen LogP contribution in [0.15, 0.2) is 13.2 Å². The monoisotopic (exact) mass is 200 g/mol. The molecule has 14 heavy (non-hydrogen) atoms. The molecule has 0 rings (SSSR count). The summed E-state index contributed by atoms with van der Waals surface area (Å²) in [5.74, 6) is 2.69. The SMILES string of the molecule is C=C.CC.CCC(C)C(C)C(C)CC. The van der Waals surface area contributed by atoms with Crippen LogP contribution in [-0.4, -0.2) is 0 Å². The van der Waals surface area contributed by atoms with Crippen molar-refractivity contribution in [2.24, 2.45) is 17.8 Å². The van der Waals surface area contributed by atoms with Gasteiger partial charge in [-0.1, -0.05) is 61.3 Å². The molecule has 0 heteroatoms. The zero-order valence-corrected chi connectivity index (χ0v) is 11.6. The Kier molecular flexibility index (Phi) is 21.0. The predicted molar refractivity (Wildman–Crippen MR) is 70.7 cm³/mol. The van der Waals surface area contributed by atoms with Crippen LogP contribution in [0.5, 0.6) is 0 Å². The molecule has 0 aromatic rings. The molecule has 0 aromatic carbocycles. The third kappa shape index (κ3) is 9.83. The van der Waals surface area contributed by atoms with Gasteiger partial charge < -0.3 is 0 Å². The first-order chi connectivity index (χ1) is 6.63. The molecule has 0 aliphatic rings. The largest absolute Gasteiger partial charge is 0.106 e. The Balaban J connectivity index is -0.000000266. The Bertz CT molecular complexity index is 76.0. The molecule has 0 bridgehead atoms. The first-order valence-electron chi connectivity index (χ1n) is 6.13. The maximum Gasteiger partial charge on any atom is -0.0391 e. The van der Waals surface area contributed by atoms with Crippen molar-refractivity contribution < 1.29 is 0 Å². The second-order valence-electron chi connectivity index (χ2n) is 3.63. The highest BCUT2D eigenvalue weighted by atomic mass is 14.2. The summed E-state index contributed by atoms with van der Waals surface area (Å²) < 4.78 is 0. The van der Waals surface area contributed by atoms with E-state index in [-0.39, 0.29) is 0 Å². The molecule has 88 valence electrons. The summed E-state index contributed by atoms with van der Waals surface area (Å²) in [5, 5.41) is 0. The molecule has 0 aliphatic heterocycles. The van der Waals surface area contributed by atoms with Crippen LogP contribution in [0, 0.1) is 17.8 Å². The quantitative estimate of drug-likeness (QED) is 0.522. The van der Waals surface area contributed by atoms with E-state index in [0.717, 1.165) is 17.8 Å². The maximum absolute atomic E-state index is 3.00. The van der Waals surface area contributed by atoms with Gasteiger partial charge >= 0.3 is 0 Å². The van der Waals surface area contributed by atoms with Gasteiger partial charge in [-0.25, -0.2) is 0 Å². The van der Waals surface area contributed by atoms with E-state index in [4.69, 9.17) is 0 Å². The molecule has 0 aromatic heterocycles. The van der Waals surface area contributed by atoms with Crippen LogP contribution < -0.4 is 0 Å². The van der Waals surface area contributed by atoms with Crippen molar-refractivity contribution in [3.8, 4) is 0 Å². The molecule has 0 aliphatic carbocycles. The highest BCUT2D eigenvalue weighted by Crippen LogP contribution is 2.24. The van der Waals surface area contributed by atoms with Crippen molar-refractivity contribution in [3.05, 3.63) is 13.2 Å². The van der Waals surface area contributed by atoms with Gasteiger partial charge in [0.1, 0.15) is 0 Å². The second kappa shape index (κ2) is 15.2. The smallest absolute Gasteiger partial charge is 0.0391 e. The van der Waals surface area contributed by atoms with Crippen molar-refractivity contribution in [3.63, 3.8) is 0 Å². The minimum Gasteiger partial charge on any atom is -0.106 e. The van der Waals surface area contributed by atoms with E-state index in [2.05, 4.69) is 47.8 Å². The number of hydrogen-bond donors (Lipinski definition) is 0. The van der Waals surface area contributed by atoms with Gasteiger partial charge in [-0.3, -0.25) is 0 Å². The Hall–Kier alpha value is -0.260. The molecule has 0 amide bonds. The van der Waals surface area contributed by atoms with E-state index in [1.807, 2.05) is 13.8 Å². The van der Waals surface area contributed by atoms with Gasteiger partial charge in [-0.2, -0.15) is 0 Å². The second-order valence-corrected chi connectivity index (χ2v) is 3.63. The predicted octanol–water partition coefficient (Wildman–Crippen LogP) is 5.54. The van der Waals surface area contributed by atoms with Gasteiger partial charge in [-0.05, 0) is 17.8 Å². The van der Waals surface area contributed by atoms with E-state index in [0.29, 0.717) is 0 Å². The third-order valence-corrected chi connectivity index (χ3v) is 3.08. The van der Waals surface area contributed by atoms with Crippen molar-refractivity contribution in [1.29, 1.82) is 0 Å². The van der Waals surface area contributed by atoms with Crippen LogP contribution in [0.3, 0.4) is 0 Å². The topological polar surface area (TPSA) is 0 Å². The Morgan fingerprint density at radius 1 is 0.786 bits per heavy atom. The Morgan fingerprint density at radius 2 is 1.00 bits per heavy atom. The van der Waals surface area contributed by atoms with Gasteiger partial charge in [0.15, 0.2) is 0 Å². The average molecular weight is 200 g/mol. The lowest BCUT2D eigenvalue weighted by molar-refractivity contribution is 0.267. The van der Waals surface area contributed by atoms with Crippen LogP contribution in [0.1, 0.15) is 61.3 Å². The number of hydrogen-bond acceptors (Lipinski definition) is 0. The summed E-state index contributed by atoms with van der Waals surface area (Å²) >= 11 is 0. The van der Waals surface area contributed by atoms with Crippen LogP contribution in [-0.2, 0) is 0 Å². The van der Waals surface area contributed by atoms with Crippen LogP contribution in [0.2, 0.25) is 0 Å². The van der Waals surface area contributed by atoms with E-state index in [1.54, 1.807) is 0 Å². The van der Waals surface area contributed by atoms with Crippen molar-refractivity contribution in [2.75, 3.05) is 0 Å². The van der Waals surface area contributed by atoms with Crippen molar-refractivity contribution in [2.45, 2.75) is 61.3 Å². The first-order valence-corrected chi connectivity index (χ1v) is 6.13. The molecule has 0 spiro atoms. The summed E-state index contributed by atoms with van der Waals surface area (Å²) in [6.07, 6.45) is 2.65. The Labute approximate surface area is 92.8 Å². The van der Waals surface area contributed by atoms with Crippen LogP contribution >= 0.6 is 0 Å². The number of rotatable bonds is 4. The fraction of sp³-hybridized carbons (Fsp3) is 0.857. The van der Waals surface area contributed by atoms with Gasteiger partial charge in [0.25, 0.3) is 0 Å². The molecule has 2 atom stereocenters. The molecular weight excluding hydrogens is 168 g/mol. The lowest BCUT2D eigenvalue weighted by Gasteiger charge is -2.23. The molecule has 2 unspecified atom stereocenters. The van der Waals surface area contributed by atoms with E-state index < -0.39 is 0 Å². The highest BCUT2D eigenvalue weighted by molar-refractivity contribution is 4.65. The normalized spacial score (nSPS) is 15.1. The maximum atomic E-state index is 3.00. The molecule has 0 saturated heterocycles. The van der Waals surface area contributed by atoms with Crippen LogP contribution in [0.25, 0.3) is 0 Å². The molecule has 0 heterocycles. The van der Waals surface area contributed by atoms with Gasteiger partial charge in [0.05, 0.1) is 0 Å². The molecular formula is C14H32. The minimum atomic E-state index is 0.898. The zero-order valence-electron chi connectivity index (χ0n) is 11.6. The first kappa shape index (κ1) is 19.3. The molecule has 0 nitrogen and oxygen atoms in total. The van der Waals surface area contributed by atoms with E-state index in [1.165, 1.54) is 12.8 Å². The summed E-state index contributed by atoms with van der Waals surface area (Å²) in [4.78, 5) is 0. The van der Waals surface area contributed by atoms with Gasteiger partial charge in [-0.15, -0.1) is 13.2 Å². The van der Waals surface area contributed by atoms with Crippen molar-refractivity contribution >= 4 is 0 Å². The lowest BCUT2D eigenvalue weighted by atomic mass is 9.82. The van der Waals surface area contributed by atoms with Gasteiger partial charge in [0, 0.05) is 0 Å². The average Bonchev–Trinajstić information content (AvgIpc) is 2.31. The fourth-order valence-electron chi connectivity index (χ4n) is 1.30. The van der Waals surface area contributed by atoms with Crippen LogP contribution in [0.4, 0.5) is 0 Å². The molecule has 0 saturated carbocycles. The summed E-state index contributed by atoms with van der Waals surface area (Å²) in [7, 11) is 0. The summed E-state index contributed by atoms with van der Waals surface area (Å²) in [5.41, 5.74) is 0. The molecule has 0 N–H and O–H groups in total. The highest BCUT2D eigenvalue weighted by Gasteiger charge is 2.15. The summed E-state index contributed by atoms with van der Waals surface area (Å²) in [6.45, 7) is 21.7. The third-order valence-electron chi connectivity index (χ3n) is 3.08. The standard InChI is InChI=1S/C10H22.C2H6.C2H4/c1-6-8(3)10(5)9(4)7-2;2*1-2/h8-10H,6-7H2,1-5H3;1-2H3;1-2H2. The minimum absolute atomic E-state index is 0.898.